The molecule has 1 saturated heterocycles. The first kappa shape index (κ1) is 18.4. The fraction of sp³-hybridized carbons (Fsp3) is 0.273. The highest BCUT2D eigenvalue weighted by Crippen LogP contribution is 2.20. The summed E-state index contributed by atoms with van der Waals surface area (Å²) in [5.41, 5.74) is 2.12. The van der Waals surface area contributed by atoms with E-state index in [1.807, 2.05) is 53.0 Å². The lowest BCUT2D eigenvalue weighted by atomic mass is 10.1. The molecule has 0 spiro atoms. The van der Waals surface area contributed by atoms with Crippen LogP contribution in [0.3, 0.4) is 0 Å². The highest BCUT2D eigenvalue weighted by Gasteiger charge is 2.23. The van der Waals surface area contributed by atoms with E-state index in [9.17, 15) is 4.79 Å². The summed E-state index contributed by atoms with van der Waals surface area (Å²) in [5, 5.41) is 1.12. The quantitative estimate of drug-likeness (QED) is 0.568. The maximum atomic E-state index is 12.9. The summed E-state index contributed by atoms with van der Waals surface area (Å²) in [7, 11) is 0. The minimum Gasteiger partial charge on any atom is -0.361 e. The van der Waals surface area contributed by atoms with E-state index in [0.717, 1.165) is 41.2 Å². The van der Waals surface area contributed by atoms with Crippen molar-refractivity contribution in [1.29, 1.82) is 0 Å². The van der Waals surface area contributed by atoms with Gasteiger partial charge in [-0.15, -0.1) is 0 Å². The molecule has 1 amide bonds. The molecule has 4 aromatic rings. The second-order valence-corrected chi connectivity index (χ2v) is 7.51. The number of nitrogens with zero attached hydrogens (tertiary/aromatic N) is 6. The van der Waals surface area contributed by atoms with Gasteiger partial charge >= 0.3 is 0 Å². The molecule has 30 heavy (non-hydrogen) atoms. The molecule has 8 nitrogen and oxygen atoms in total. The summed E-state index contributed by atoms with van der Waals surface area (Å²) in [6.45, 7) is 4.76. The topological polar surface area (TPSA) is 82.9 Å². The van der Waals surface area contributed by atoms with Gasteiger partial charge in [0.15, 0.2) is 0 Å². The Morgan fingerprint density at radius 2 is 1.90 bits per heavy atom. The molecule has 8 heteroatoms. The Morgan fingerprint density at radius 3 is 2.70 bits per heavy atom. The van der Waals surface area contributed by atoms with E-state index in [4.69, 9.17) is 0 Å². The van der Waals surface area contributed by atoms with Gasteiger partial charge in [0, 0.05) is 61.7 Å². The summed E-state index contributed by atoms with van der Waals surface area (Å²) < 4.78 is 1.87. The lowest BCUT2D eigenvalue weighted by molar-refractivity contribution is -0.130. The zero-order valence-electron chi connectivity index (χ0n) is 16.8. The molecule has 0 unspecified atom stereocenters. The maximum Gasteiger partial charge on any atom is 0.227 e. The van der Waals surface area contributed by atoms with Gasteiger partial charge in [-0.3, -0.25) is 9.36 Å². The number of hydrogen-bond acceptors (Lipinski definition) is 5. The molecule has 0 atom stereocenters. The molecule has 0 saturated carbocycles. The normalized spacial score (nSPS) is 14.4. The van der Waals surface area contributed by atoms with Crippen LogP contribution in [0.2, 0.25) is 0 Å². The number of amides is 1. The minimum absolute atomic E-state index is 0.164. The Kier molecular flexibility index (Phi) is 4.66. The van der Waals surface area contributed by atoms with Crippen LogP contribution in [-0.4, -0.2) is 61.5 Å². The van der Waals surface area contributed by atoms with E-state index in [1.54, 1.807) is 12.5 Å². The zero-order valence-corrected chi connectivity index (χ0v) is 16.8. The van der Waals surface area contributed by atoms with Gasteiger partial charge in [-0.25, -0.2) is 15.0 Å². The largest absolute Gasteiger partial charge is 0.361 e. The van der Waals surface area contributed by atoms with Gasteiger partial charge in [0.05, 0.1) is 6.42 Å². The Balaban J connectivity index is 1.26. The van der Waals surface area contributed by atoms with Crippen molar-refractivity contribution in [2.24, 2.45) is 0 Å². The Labute approximate surface area is 174 Å². The Bertz CT molecular complexity index is 1170. The molecule has 1 aliphatic rings. The van der Waals surface area contributed by atoms with Crippen LogP contribution in [0.25, 0.3) is 16.7 Å². The van der Waals surface area contributed by atoms with Crippen LogP contribution in [0, 0.1) is 6.92 Å². The Morgan fingerprint density at radius 1 is 1.10 bits per heavy atom. The number of aromatic amines is 1. The average Bonchev–Trinajstić information content (AvgIpc) is 3.44. The number of carbonyl (C=O) groups is 1. The number of fused-ring (bicyclic) bond motifs is 1. The van der Waals surface area contributed by atoms with E-state index >= 15 is 0 Å². The molecular weight excluding hydrogens is 378 g/mol. The van der Waals surface area contributed by atoms with Crippen molar-refractivity contribution >= 4 is 22.6 Å². The molecule has 4 heterocycles. The molecule has 152 valence electrons. The van der Waals surface area contributed by atoms with Crippen molar-refractivity contribution < 1.29 is 4.79 Å². The van der Waals surface area contributed by atoms with E-state index < -0.39 is 0 Å². The molecule has 0 radical (unpaired) electrons. The number of hydrogen-bond donors (Lipinski definition) is 1. The SMILES string of the molecule is Cc1nc(N2CCN(C(=O)Cc3c[nH]c4ccccc34)CC2)cc(-n2ccnc2)n1. The molecule has 1 aromatic carbocycles. The number of anilines is 1. The van der Waals surface area contributed by atoms with Crippen LogP contribution < -0.4 is 4.90 Å². The second-order valence-electron chi connectivity index (χ2n) is 7.51. The fourth-order valence-electron chi connectivity index (χ4n) is 3.96. The number of piperazine rings is 1. The minimum atomic E-state index is 0.164. The highest BCUT2D eigenvalue weighted by atomic mass is 16.2. The molecule has 5 rings (SSSR count). The number of imidazole rings is 1. The summed E-state index contributed by atoms with van der Waals surface area (Å²) >= 11 is 0. The number of benzene rings is 1. The summed E-state index contributed by atoms with van der Waals surface area (Å²) in [4.78, 5) is 33.5. The standard InChI is InChI=1S/C22H23N7O/c1-16-25-20(13-21(26-16)29-7-6-23-15-29)27-8-10-28(11-9-27)22(30)12-17-14-24-19-5-3-2-4-18(17)19/h2-7,13-15,24H,8-12H2,1H3. The van der Waals surface area contributed by atoms with Crippen molar-refractivity contribution in [3.05, 3.63) is 66.6 Å². The van der Waals surface area contributed by atoms with E-state index in [0.29, 0.717) is 25.3 Å². The van der Waals surface area contributed by atoms with Gasteiger partial charge < -0.3 is 14.8 Å². The van der Waals surface area contributed by atoms with E-state index in [1.165, 1.54) is 0 Å². The predicted molar refractivity (Wildman–Crippen MR) is 115 cm³/mol. The summed E-state index contributed by atoms with van der Waals surface area (Å²) in [6, 6.07) is 10.1. The van der Waals surface area contributed by atoms with Crippen molar-refractivity contribution in [3.63, 3.8) is 0 Å². The van der Waals surface area contributed by atoms with Crippen molar-refractivity contribution in [2.75, 3.05) is 31.1 Å². The lowest BCUT2D eigenvalue weighted by Gasteiger charge is -2.35. The first-order chi connectivity index (χ1) is 14.7. The monoisotopic (exact) mass is 401 g/mol. The molecular formula is C22H23N7O. The van der Waals surface area contributed by atoms with Crippen molar-refractivity contribution in [3.8, 4) is 5.82 Å². The zero-order chi connectivity index (χ0) is 20.5. The number of rotatable bonds is 4. The molecule has 1 aliphatic heterocycles. The maximum absolute atomic E-state index is 12.9. The van der Waals surface area contributed by atoms with Crippen molar-refractivity contribution in [2.45, 2.75) is 13.3 Å². The molecule has 3 aromatic heterocycles. The van der Waals surface area contributed by atoms with Crippen LogP contribution in [0.15, 0.2) is 55.2 Å². The third-order valence-corrected chi connectivity index (χ3v) is 5.55. The predicted octanol–water partition coefficient (Wildman–Crippen LogP) is 2.34. The van der Waals surface area contributed by atoms with E-state index in [2.05, 4.69) is 30.9 Å². The van der Waals surface area contributed by atoms with Crippen LogP contribution in [0.1, 0.15) is 11.4 Å². The average molecular weight is 401 g/mol. The highest BCUT2D eigenvalue weighted by molar-refractivity contribution is 5.89. The fourth-order valence-corrected chi connectivity index (χ4v) is 3.96. The van der Waals surface area contributed by atoms with Crippen molar-refractivity contribution in [1.82, 2.24) is 29.4 Å². The lowest BCUT2D eigenvalue weighted by Crippen LogP contribution is -2.49. The molecule has 1 N–H and O–H groups in total. The number of nitrogens with one attached hydrogen (secondary N) is 1. The van der Waals surface area contributed by atoms with Crippen LogP contribution in [0.5, 0.6) is 0 Å². The van der Waals surface area contributed by atoms with Gasteiger partial charge in [0.1, 0.15) is 23.8 Å². The van der Waals surface area contributed by atoms with Gasteiger partial charge in [-0.05, 0) is 18.6 Å². The van der Waals surface area contributed by atoms with Gasteiger partial charge in [-0.1, -0.05) is 18.2 Å². The first-order valence-corrected chi connectivity index (χ1v) is 10.1. The number of aryl methyl sites for hydroxylation is 1. The third kappa shape index (κ3) is 3.52. The second kappa shape index (κ2) is 7.62. The molecule has 0 aliphatic carbocycles. The van der Waals surface area contributed by atoms with Crippen LogP contribution in [0.4, 0.5) is 5.82 Å². The smallest absolute Gasteiger partial charge is 0.227 e. The van der Waals surface area contributed by atoms with Crippen LogP contribution in [-0.2, 0) is 11.2 Å². The number of H-pyrrole nitrogens is 1. The Hall–Kier alpha value is -3.68. The molecule has 0 bridgehead atoms. The molecule has 1 fully saturated rings. The summed E-state index contributed by atoms with van der Waals surface area (Å²) in [6.07, 6.45) is 7.69. The van der Waals surface area contributed by atoms with Gasteiger partial charge in [0.2, 0.25) is 5.91 Å². The first-order valence-electron chi connectivity index (χ1n) is 10.1. The number of aromatic nitrogens is 5. The number of para-hydroxylation sites is 1. The number of carbonyl (C=O) groups excluding carboxylic acids is 1. The van der Waals surface area contributed by atoms with Gasteiger partial charge in [0.25, 0.3) is 0 Å². The van der Waals surface area contributed by atoms with E-state index in [-0.39, 0.29) is 5.91 Å². The third-order valence-electron chi connectivity index (χ3n) is 5.55. The summed E-state index contributed by atoms with van der Waals surface area (Å²) in [5.74, 6) is 2.56. The van der Waals surface area contributed by atoms with Gasteiger partial charge in [-0.2, -0.15) is 0 Å². The van der Waals surface area contributed by atoms with Crippen LogP contribution >= 0.6 is 0 Å².